The Labute approximate surface area is 149 Å². The van der Waals surface area contributed by atoms with Crippen LogP contribution in [0.25, 0.3) is 0 Å². The van der Waals surface area contributed by atoms with Crippen LogP contribution < -0.4 is 9.47 Å². The third kappa shape index (κ3) is 9.85. The first kappa shape index (κ1) is 20.9. The molecule has 2 nitrogen and oxygen atoms in total. The summed E-state index contributed by atoms with van der Waals surface area (Å²) < 4.78 is 11.8. The van der Waals surface area contributed by atoms with Crippen molar-refractivity contribution in [2.45, 2.75) is 104 Å². The van der Waals surface area contributed by atoms with Crippen LogP contribution in [-0.4, -0.2) is 12.2 Å². The third-order valence-corrected chi connectivity index (χ3v) is 4.28. The van der Waals surface area contributed by atoms with Crippen molar-refractivity contribution in [1.82, 2.24) is 0 Å². The number of hydrogen-bond acceptors (Lipinski definition) is 2. The average Bonchev–Trinajstić information content (AvgIpc) is 2.57. The summed E-state index contributed by atoms with van der Waals surface area (Å²) >= 11 is 0. The van der Waals surface area contributed by atoms with Crippen LogP contribution in [0, 0.1) is 12.1 Å². The number of rotatable bonds is 14. The molecule has 0 aliphatic rings. The molecule has 0 fully saturated rings. The van der Waals surface area contributed by atoms with E-state index in [-0.39, 0.29) is 12.2 Å². The normalized spacial score (nSPS) is 13.5. The quantitative estimate of drug-likeness (QED) is 0.350. The molecule has 1 aromatic carbocycles. The highest BCUT2D eigenvalue weighted by Crippen LogP contribution is 2.20. The van der Waals surface area contributed by atoms with E-state index in [0.717, 1.165) is 24.3 Å². The highest BCUT2D eigenvalue weighted by atomic mass is 16.5. The first-order valence-corrected chi connectivity index (χ1v) is 9.92. The van der Waals surface area contributed by atoms with Crippen molar-refractivity contribution in [2.24, 2.45) is 0 Å². The minimum absolute atomic E-state index is 0.232. The van der Waals surface area contributed by atoms with Gasteiger partial charge in [-0.25, -0.2) is 0 Å². The van der Waals surface area contributed by atoms with Gasteiger partial charge in [0, 0.05) is 12.1 Å². The maximum absolute atomic E-state index is 5.90. The largest absolute Gasteiger partial charge is 0.490 e. The highest BCUT2D eigenvalue weighted by Gasteiger charge is 2.07. The molecule has 0 aliphatic heterocycles. The number of ether oxygens (including phenoxy) is 2. The summed E-state index contributed by atoms with van der Waals surface area (Å²) in [5, 5.41) is 0. The minimum atomic E-state index is 0.232. The van der Waals surface area contributed by atoms with Crippen molar-refractivity contribution >= 4 is 0 Å². The highest BCUT2D eigenvalue weighted by molar-refractivity contribution is 5.29. The SMILES string of the molecule is CCCCCCC(C)Oc1[c]cc(OC(C)CCCCCC)[c]c1. The van der Waals surface area contributed by atoms with Crippen LogP contribution in [0.4, 0.5) is 0 Å². The first-order chi connectivity index (χ1) is 11.7. The monoisotopic (exact) mass is 332 g/mol. The molecule has 24 heavy (non-hydrogen) atoms. The second-order valence-electron chi connectivity index (χ2n) is 6.86. The van der Waals surface area contributed by atoms with E-state index in [0.29, 0.717) is 0 Å². The lowest BCUT2D eigenvalue weighted by molar-refractivity contribution is 0.199. The Morgan fingerprint density at radius 1 is 0.708 bits per heavy atom. The molecule has 136 valence electrons. The van der Waals surface area contributed by atoms with Gasteiger partial charge in [0.15, 0.2) is 0 Å². The summed E-state index contributed by atoms with van der Waals surface area (Å²) in [6.45, 7) is 8.73. The molecule has 0 saturated carbocycles. The fourth-order valence-corrected chi connectivity index (χ4v) is 2.76. The second-order valence-corrected chi connectivity index (χ2v) is 6.86. The lowest BCUT2D eigenvalue weighted by Crippen LogP contribution is -2.13. The van der Waals surface area contributed by atoms with Gasteiger partial charge in [0.25, 0.3) is 0 Å². The molecule has 2 unspecified atom stereocenters. The maximum atomic E-state index is 5.90. The van der Waals surface area contributed by atoms with Crippen LogP contribution in [0.1, 0.15) is 91.9 Å². The molecule has 2 heteroatoms. The van der Waals surface area contributed by atoms with Crippen molar-refractivity contribution in [3.63, 3.8) is 0 Å². The van der Waals surface area contributed by atoms with E-state index in [2.05, 4.69) is 39.8 Å². The molecule has 0 spiro atoms. The Morgan fingerprint density at radius 2 is 1.12 bits per heavy atom. The Balaban J connectivity index is 2.26. The van der Waals surface area contributed by atoms with Gasteiger partial charge in [-0.1, -0.05) is 52.4 Å². The first-order valence-electron chi connectivity index (χ1n) is 9.92. The van der Waals surface area contributed by atoms with Crippen LogP contribution in [-0.2, 0) is 0 Å². The fraction of sp³-hybridized carbons (Fsp3) is 0.727. The molecule has 1 aromatic rings. The minimum Gasteiger partial charge on any atom is -0.490 e. The van der Waals surface area contributed by atoms with Gasteiger partial charge in [-0.15, -0.1) is 0 Å². The van der Waals surface area contributed by atoms with E-state index in [1.165, 1.54) is 51.4 Å². The van der Waals surface area contributed by atoms with Gasteiger partial charge < -0.3 is 9.47 Å². The summed E-state index contributed by atoms with van der Waals surface area (Å²) in [4.78, 5) is 0. The molecule has 0 aromatic heterocycles. The van der Waals surface area contributed by atoms with Crippen LogP contribution in [0.15, 0.2) is 12.1 Å². The Hall–Kier alpha value is -1.18. The van der Waals surface area contributed by atoms with Gasteiger partial charge in [0.2, 0.25) is 0 Å². The van der Waals surface area contributed by atoms with Crippen LogP contribution >= 0.6 is 0 Å². The van der Waals surface area contributed by atoms with Crippen molar-refractivity contribution in [3.05, 3.63) is 24.3 Å². The van der Waals surface area contributed by atoms with Gasteiger partial charge in [0.1, 0.15) is 11.5 Å². The average molecular weight is 333 g/mol. The molecular formula is C22H36O2. The van der Waals surface area contributed by atoms with Gasteiger partial charge >= 0.3 is 0 Å². The summed E-state index contributed by atoms with van der Waals surface area (Å²) in [5.41, 5.74) is 0. The van der Waals surface area contributed by atoms with Crippen molar-refractivity contribution < 1.29 is 9.47 Å². The summed E-state index contributed by atoms with van der Waals surface area (Å²) in [6, 6.07) is 10.0. The number of hydrogen-bond donors (Lipinski definition) is 0. The van der Waals surface area contributed by atoms with E-state index in [1.807, 2.05) is 12.1 Å². The standard InChI is InChI=1S/C22H36O2/c1-5-7-9-11-13-19(3)23-21-15-17-22(18-16-21)24-20(4)14-12-10-8-6-2/h15,18-20H,5-14H2,1-4H3. The Morgan fingerprint density at radius 3 is 1.46 bits per heavy atom. The fourth-order valence-electron chi connectivity index (χ4n) is 2.76. The van der Waals surface area contributed by atoms with Crippen LogP contribution in [0.5, 0.6) is 11.5 Å². The van der Waals surface area contributed by atoms with E-state index < -0.39 is 0 Å². The summed E-state index contributed by atoms with van der Waals surface area (Å²) in [6.07, 6.45) is 12.9. The maximum Gasteiger partial charge on any atom is 0.128 e. The van der Waals surface area contributed by atoms with Gasteiger partial charge in [-0.3, -0.25) is 0 Å². The van der Waals surface area contributed by atoms with Crippen molar-refractivity contribution in [2.75, 3.05) is 0 Å². The topological polar surface area (TPSA) is 18.5 Å². The molecule has 0 heterocycles. The smallest absolute Gasteiger partial charge is 0.128 e. The molecule has 0 amide bonds. The summed E-state index contributed by atoms with van der Waals surface area (Å²) in [5.74, 6) is 1.53. The zero-order valence-corrected chi connectivity index (χ0v) is 16.2. The Kier molecular flexibility index (Phi) is 11.4. The predicted octanol–water partition coefficient (Wildman–Crippen LogP) is 6.76. The van der Waals surface area contributed by atoms with E-state index in [9.17, 15) is 0 Å². The number of unbranched alkanes of at least 4 members (excludes halogenated alkanes) is 6. The molecule has 0 N–H and O–H groups in total. The lowest BCUT2D eigenvalue weighted by atomic mass is 10.1. The molecule has 1 rings (SSSR count). The second kappa shape index (κ2) is 13.1. The van der Waals surface area contributed by atoms with E-state index >= 15 is 0 Å². The van der Waals surface area contributed by atoms with Gasteiger partial charge in [-0.2, -0.15) is 0 Å². The number of benzene rings is 1. The van der Waals surface area contributed by atoms with Gasteiger partial charge in [0.05, 0.1) is 12.2 Å². The zero-order chi connectivity index (χ0) is 17.6. The van der Waals surface area contributed by atoms with Crippen LogP contribution in [0.3, 0.4) is 0 Å². The lowest BCUT2D eigenvalue weighted by Gasteiger charge is -2.16. The Bertz CT molecular complexity index is 360. The van der Waals surface area contributed by atoms with Crippen LogP contribution in [0.2, 0.25) is 0 Å². The third-order valence-electron chi connectivity index (χ3n) is 4.28. The molecule has 0 saturated heterocycles. The summed E-state index contributed by atoms with van der Waals surface area (Å²) in [7, 11) is 0. The molecule has 0 bridgehead atoms. The molecule has 2 radical (unpaired) electrons. The predicted molar refractivity (Wildman–Crippen MR) is 102 cm³/mol. The van der Waals surface area contributed by atoms with Crippen molar-refractivity contribution in [3.8, 4) is 11.5 Å². The molecule has 2 atom stereocenters. The zero-order valence-electron chi connectivity index (χ0n) is 16.2. The van der Waals surface area contributed by atoms with Crippen molar-refractivity contribution in [1.29, 1.82) is 0 Å². The van der Waals surface area contributed by atoms with E-state index in [1.54, 1.807) is 0 Å². The van der Waals surface area contributed by atoms with Gasteiger partial charge in [-0.05, 0) is 51.7 Å². The van der Waals surface area contributed by atoms with E-state index in [4.69, 9.17) is 9.47 Å². The molecule has 0 aliphatic carbocycles. The molecular weight excluding hydrogens is 296 g/mol.